The van der Waals surface area contributed by atoms with Crippen LogP contribution in [0.4, 0.5) is 4.79 Å². The van der Waals surface area contributed by atoms with Crippen molar-refractivity contribution in [2.24, 2.45) is 17.1 Å². The second kappa shape index (κ2) is 4.97. The lowest BCUT2D eigenvalue weighted by molar-refractivity contribution is 0.0251. The molecule has 1 aliphatic carbocycles. The summed E-state index contributed by atoms with van der Waals surface area (Å²) in [5, 5.41) is 0. The lowest BCUT2D eigenvalue weighted by Gasteiger charge is -2.40. The highest BCUT2D eigenvalue weighted by Gasteiger charge is 2.44. The van der Waals surface area contributed by atoms with Crippen molar-refractivity contribution >= 4 is 6.09 Å². The van der Waals surface area contributed by atoms with Gasteiger partial charge >= 0.3 is 6.09 Å². The topological polar surface area (TPSA) is 55.6 Å². The summed E-state index contributed by atoms with van der Waals surface area (Å²) < 4.78 is 5.47. The molecule has 1 amide bonds. The third-order valence-electron chi connectivity index (χ3n) is 4.58. The van der Waals surface area contributed by atoms with Crippen LogP contribution in [0.5, 0.6) is 0 Å². The maximum atomic E-state index is 12.1. The largest absolute Gasteiger partial charge is 0.444 e. The number of amides is 1. The van der Waals surface area contributed by atoms with Crippen LogP contribution < -0.4 is 5.73 Å². The van der Waals surface area contributed by atoms with Crippen LogP contribution in [0.2, 0.25) is 0 Å². The second-order valence-corrected chi connectivity index (χ2v) is 7.54. The van der Waals surface area contributed by atoms with Crippen LogP contribution in [0.3, 0.4) is 0 Å². The van der Waals surface area contributed by atoms with Crippen LogP contribution in [0, 0.1) is 11.3 Å². The van der Waals surface area contributed by atoms with E-state index in [4.69, 9.17) is 10.5 Å². The highest BCUT2D eigenvalue weighted by atomic mass is 16.6. The number of hydrogen-bond donors (Lipinski definition) is 1. The first-order chi connectivity index (χ1) is 8.71. The first-order valence-electron chi connectivity index (χ1n) is 7.44. The molecule has 2 N–H and O–H groups in total. The summed E-state index contributed by atoms with van der Waals surface area (Å²) in [4.78, 5) is 14.0. The Morgan fingerprint density at radius 3 is 2.63 bits per heavy atom. The molecular formula is C15H28N2O2. The third kappa shape index (κ3) is 3.41. The minimum absolute atomic E-state index is 0.160. The Hall–Kier alpha value is -0.770. The fourth-order valence-electron chi connectivity index (χ4n) is 3.48. The molecule has 19 heavy (non-hydrogen) atoms. The molecule has 1 spiro atoms. The monoisotopic (exact) mass is 268 g/mol. The van der Waals surface area contributed by atoms with E-state index < -0.39 is 5.60 Å². The number of rotatable bonds is 0. The minimum Gasteiger partial charge on any atom is -0.444 e. The standard InChI is InChI=1S/C15H28N2O2/c1-11-9-15(6-5-12(11)16)7-8-17(10-15)13(18)19-14(2,3)4/h11-12H,5-10,16H2,1-4H3/t11-,12+,15-/m0/s1. The Balaban J connectivity index is 1.94. The molecule has 4 nitrogen and oxygen atoms in total. The summed E-state index contributed by atoms with van der Waals surface area (Å²) in [6.45, 7) is 9.66. The smallest absolute Gasteiger partial charge is 0.410 e. The van der Waals surface area contributed by atoms with Crippen molar-refractivity contribution in [3.8, 4) is 0 Å². The molecule has 3 atom stereocenters. The Morgan fingerprint density at radius 2 is 2.05 bits per heavy atom. The van der Waals surface area contributed by atoms with Crippen LogP contribution >= 0.6 is 0 Å². The Bertz CT molecular complexity index is 351. The van der Waals surface area contributed by atoms with E-state index in [1.807, 2.05) is 25.7 Å². The molecule has 0 aromatic heterocycles. The first-order valence-corrected chi connectivity index (χ1v) is 7.44. The van der Waals surface area contributed by atoms with Crippen molar-refractivity contribution in [2.75, 3.05) is 13.1 Å². The number of ether oxygens (including phenoxy) is 1. The third-order valence-corrected chi connectivity index (χ3v) is 4.58. The number of nitrogens with zero attached hydrogens (tertiary/aromatic N) is 1. The summed E-state index contributed by atoms with van der Waals surface area (Å²) in [6, 6.07) is 0.334. The molecular weight excluding hydrogens is 240 g/mol. The SMILES string of the molecule is C[C@H]1C[C@]2(CC[C@H]1N)CCN(C(=O)OC(C)(C)C)C2. The van der Waals surface area contributed by atoms with Gasteiger partial charge in [-0.05, 0) is 57.8 Å². The lowest BCUT2D eigenvalue weighted by atomic mass is 9.68. The Morgan fingerprint density at radius 1 is 1.37 bits per heavy atom. The van der Waals surface area contributed by atoms with E-state index in [2.05, 4.69) is 6.92 Å². The highest BCUT2D eigenvalue weighted by Crippen LogP contribution is 2.45. The van der Waals surface area contributed by atoms with E-state index in [1.165, 1.54) is 0 Å². The van der Waals surface area contributed by atoms with E-state index in [1.54, 1.807) is 0 Å². The van der Waals surface area contributed by atoms with Gasteiger partial charge in [-0.3, -0.25) is 0 Å². The van der Waals surface area contributed by atoms with Crippen molar-refractivity contribution in [1.29, 1.82) is 0 Å². The van der Waals surface area contributed by atoms with Crippen molar-refractivity contribution in [3.63, 3.8) is 0 Å². The van der Waals surface area contributed by atoms with Crippen LogP contribution in [0.15, 0.2) is 0 Å². The summed E-state index contributed by atoms with van der Waals surface area (Å²) in [7, 11) is 0. The van der Waals surface area contributed by atoms with Crippen molar-refractivity contribution in [3.05, 3.63) is 0 Å². The molecule has 0 unspecified atom stereocenters. The first kappa shape index (κ1) is 14.6. The van der Waals surface area contributed by atoms with Gasteiger partial charge in [-0.15, -0.1) is 0 Å². The highest BCUT2D eigenvalue weighted by molar-refractivity contribution is 5.68. The van der Waals surface area contributed by atoms with E-state index >= 15 is 0 Å². The van der Waals surface area contributed by atoms with E-state index in [9.17, 15) is 4.79 Å². The fourth-order valence-corrected chi connectivity index (χ4v) is 3.48. The molecule has 2 fully saturated rings. The van der Waals surface area contributed by atoms with E-state index in [-0.39, 0.29) is 6.09 Å². The molecule has 1 aliphatic heterocycles. The van der Waals surface area contributed by atoms with Gasteiger partial charge in [0.25, 0.3) is 0 Å². The maximum Gasteiger partial charge on any atom is 0.410 e. The summed E-state index contributed by atoms with van der Waals surface area (Å²) >= 11 is 0. The van der Waals surface area contributed by atoms with E-state index in [0.717, 1.165) is 38.8 Å². The van der Waals surface area contributed by atoms with Gasteiger partial charge in [-0.2, -0.15) is 0 Å². The summed E-state index contributed by atoms with van der Waals surface area (Å²) in [6.07, 6.45) is 4.32. The van der Waals surface area contributed by atoms with Crippen LogP contribution in [0.1, 0.15) is 53.4 Å². The Kier molecular flexibility index (Phi) is 3.83. The molecule has 2 rings (SSSR count). The predicted octanol–water partition coefficient (Wildman–Crippen LogP) is 2.76. The van der Waals surface area contributed by atoms with Crippen LogP contribution in [-0.2, 0) is 4.74 Å². The molecule has 1 saturated heterocycles. The zero-order valence-corrected chi connectivity index (χ0v) is 12.7. The molecule has 110 valence electrons. The zero-order chi connectivity index (χ0) is 14.3. The van der Waals surface area contributed by atoms with Gasteiger partial charge in [0.1, 0.15) is 5.60 Å². The molecule has 1 saturated carbocycles. The van der Waals surface area contributed by atoms with E-state index in [0.29, 0.717) is 17.4 Å². The lowest BCUT2D eigenvalue weighted by Crippen LogP contribution is -2.42. The number of hydrogen-bond acceptors (Lipinski definition) is 3. The maximum absolute atomic E-state index is 12.1. The Labute approximate surface area is 116 Å². The van der Waals surface area contributed by atoms with Crippen molar-refractivity contribution in [2.45, 2.75) is 65.0 Å². The van der Waals surface area contributed by atoms with Crippen molar-refractivity contribution in [1.82, 2.24) is 4.90 Å². The molecule has 0 bridgehead atoms. The molecule has 1 heterocycles. The molecule has 4 heteroatoms. The second-order valence-electron chi connectivity index (χ2n) is 7.54. The predicted molar refractivity (Wildman–Crippen MR) is 75.8 cm³/mol. The van der Waals surface area contributed by atoms with Crippen molar-refractivity contribution < 1.29 is 9.53 Å². The summed E-state index contributed by atoms with van der Waals surface area (Å²) in [5.74, 6) is 0.562. The molecule has 0 radical (unpaired) electrons. The fraction of sp³-hybridized carbons (Fsp3) is 0.933. The van der Waals surface area contributed by atoms with Crippen LogP contribution in [-0.4, -0.2) is 35.7 Å². The molecule has 0 aromatic rings. The minimum atomic E-state index is -0.408. The van der Waals surface area contributed by atoms with Gasteiger partial charge in [-0.1, -0.05) is 6.92 Å². The summed E-state index contributed by atoms with van der Waals surface area (Å²) in [5.41, 5.74) is 5.99. The quantitative estimate of drug-likeness (QED) is 0.735. The average Bonchev–Trinajstić information content (AvgIpc) is 2.66. The van der Waals surface area contributed by atoms with Crippen LogP contribution in [0.25, 0.3) is 0 Å². The number of likely N-dealkylation sites (tertiary alicyclic amines) is 1. The zero-order valence-electron chi connectivity index (χ0n) is 12.7. The number of carbonyl (C=O) groups excluding carboxylic acids is 1. The molecule has 0 aromatic carbocycles. The van der Waals surface area contributed by atoms with Gasteiger partial charge in [0, 0.05) is 19.1 Å². The van der Waals surface area contributed by atoms with Gasteiger partial charge in [0.2, 0.25) is 0 Å². The van der Waals surface area contributed by atoms with Gasteiger partial charge in [0.05, 0.1) is 0 Å². The van der Waals surface area contributed by atoms with Gasteiger partial charge < -0.3 is 15.4 Å². The number of nitrogens with two attached hydrogens (primary N) is 1. The number of carbonyl (C=O) groups is 1. The van der Waals surface area contributed by atoms with Gasteiger partial charge in [0.15, 0.2) is 0 Å². The van der Waals surface area contributed by atoms with Gasteiger partial charge in [-0.25, -0.2) is 4.79 Å². The molecule has 2 aliphatic rings. The normalized spacial score (nSPS) is 35.7. The average molecular weight is 268 g/mol.